The lowest BCUT2D eigenvalue weighted by atomic mass is 9.89. The molecule has 1 atom stereocenters. The van der Waals surface area contributed by atoms with E-state index in [1.807, 2.05) is 12.1 Å². The summed E-state index contributed by atoms with van der Waals surface area (Å²) in [4.78, 5) is 0. The quantitative estimate of drug-likeness (QED) is 0.895. The van der Waals surface area contributed by atoms with Crippen LogP contribution < -0.4 is 4.74 Å². The van der Waals surface area contributed by atoms with Gasteiger partial charge in [-0.25, -0.2) is 0 Å². The molecule has 0 fully saturated rings. The molecule has 0 bridgehead atoms. The van der Waals surface area contributed by atoms with E-state index in [1.165, 1.54) is 5.56 Å². The molecule has 1 N–H and O–H groups in total. The Balaban J connectivity index is 2.26. The van der Waals surface area contributed by atoms with E-state index in [4.69, 9.17) is 16.3 Å². The molecule has 0 spiro atoms. The third-order valence-corrected chi connectivity index (χ3v) is 3.70. The van der Waals surface area contributed by atoms with Crippen molar-refractivity contribution >= 4 is 11.6 Å². The summed E-state index contributed by atoms with van der Waals surface area (Å²) in [5.41, 5.74) is 2.34. The van der Waals surface area contributed by atoms with Gasteiger partial charge >= 0.3 is 0 Å². The summed E-state index contributed by atoms with van der Waals surface area (Å²) < 4.78 is 5.67. The van der Waals surface area contributed by atoms with Gasteiger partial charge in [0.05, 0.1) is 6.61 Å². The second-order valence-electron chi connectivity index (χ2n) is 5.04. The van der Waals surface area contributed by atoms with E-state index < -0.39 is 0 Å². The summed E-state index contributed by atoms with van der Waals surface area (Å²) in [6.07, 6.45) is 1.77. The van der Waals surface area contributed by atoms with Gasteiger partial charge in [0.15, 0.2) is 0 Å². The lowest BCUT2D eigenvalue weighted by Gasteiger charge is -2.19. The Kier molecular flexibility index (Phi) is 3.95. The third-order valence-electron chi connectivity index (χ3n) is 3.48. The van der Waals surface area contributed by atoms with Crippen LogP contribution >= 0.6 is 11.6 Å². The second kappa shape index (κ2) is 5.28. The molecule has 0 radical (unpaired) electrons. The largest absolute Gasteiger partial charge is 0.493 e. The SMILES string of the molecule is CC(C)C(CO)Cc1cc(Cl)cc2c1OCC2. The van der Waals surface area contributed by atoms with Crippen molar-refractivity contribution < 1.29 is 9.84 Å². The van der Waals surface area contributed by atoms with Gasteiger partial charge in [0.2, 0.25) is 0 Å². The molecule has 0 amide bonds. The van der Waals surface area contributed by atoms with Crippen LogP contribution in [0.15, 0.2) is 12.1 Å². The molecule has 1 heterocycles. The van der Waals surface area contributed by atoms with E-state index in [2.05, 4.69) is 13.8 Å². The molecule has 1 aliphatic rings. The van der Waals surface area contributed by atoms with Gasteiger partial charge in [-0.05, 0) is 41.5 Å². The highest BCUT2D eigenvalue weighted by molar-refractivity contribution is 6.30. The van der Waals surface area contributed by atoms with Crippen molar-refractivity contribution in [2.75, 3.05) is 13.2 Å². The zero-order valence-electron chi connectivity index (χ0n) is 10.4. The molecule has 94 valence electrons. The fourth-order valence-electron chi connectivity index (χ4n) is 2.29. The smallest absolute Gasteiger partial charge is 0.125 e. The average molecular weight is 255 g/mol. The van der Waals surface area contributed by atoms with Gasteiger partial charge in [-0.2, -0.15) is 0 Å². The van der Waals surface area contributed by atoms with Crippen LogP contribution in [0.25, 0.3) is 0 Å². The van der Waals surface area contributed by atoms with Crippen molar-refractivity contribution in [3.05, 3.63) is 28.3 Å². The van der Waals surface area contributed by atoms with Crippen LogP contribution in [-0.2, 0) is 12.8 Å². The van der Waals surface area contributed by atoms with E-state index in [0.717, 1.165) is 35.8 Å². The number of hydrogen-bond donors (Lipinski definition) is 1. The van der Waals surface area contributed by atoms with Crippen LogP contribution in [-0.4, -0.2) is 18.3 Å². The number of aliphatic hydroxyl groups excluding tert-OH is 1. The highest BCUT2D eigenvalue weighted by Crippen LogP contribution is 2.35. The minimum absolute atomic E-state index is 0.207. The Morgan fingerprint density at radius 3 is 2.82 bits per heavy atom. The topological polar surface area (TPSA) is 29.5 Å². The molecule has 17 heavy (non-hydrogen) atoms. The van der Waals surface area contributed by atoms with Gasteiger partial charge in [0.1, 0.15) is 5.75 Å². The lowest BCUT2D eigenvalue weighted by Crippen LogP contribution is -2.16. The highest BCUT2D eigenvalue weighted by Gasteiger charge is 2.21. The molecular weight excluding hydrogens is 236 g/mol. The van der Waals surface area contributed by atoms with Gasteiger partial charge < -0.3 is 9.84 Å². The van der Waals surface area contributed by atoms with Crippen LogP contribution in [0.3, 0.4) is 0 Å². The van der Waals surface area contributed by atoms with Gasteiger partial charge in [-0.15, -0.1) is 0 Å². The number of fused-ring (bicyclic) bond motifs is 1. The summed E-state index contributed by atoms with van der Waals surface area (Å²) in [5, 5.41) is 10.2. The molecular formula is C14H19ClO2. The average Bonchev–Trinajstić information content (AvgIpc) is 2.72. The molecule has 0 saturated carbocycles. The summed E-state index contributed by atoms with van der Waals surface area (Å²) in [7, 11) is 0. The molecule has 1 aromatic carbocycles. The molecule has 1 unspecified atom stereocenters. The number of benzene rings is 1. The first-order chi connectivity index (χ1) is 8.11. The minimum atomic E-state index is 0.207. The van der Waals surface area contributed by atoms with Gasteiger partial charge in [0, 0.05) is 18.1 Å². The maximum Gasteiger partial charge on any atom is 0.125 e. The van der Waals surface area contributed by atoms with E-state index in [0.29, 0.717) is 5.92 Å². The minimum Gasteiger partial charge on any atom is -0.493 e. The first-order valence-corrected chi connectivity index (χ1v) is 6.54. The Morgan fingerprint density at radius 2 is 2.18 bits per heavy atom. The zero-order chi connectivity index (χ0) is 12.4. The molecule has 2 nitrogen and oxygen atoms in total. The fraction of sp³-hybridized carbons (Fsp3) is 0.571. The third kappa shape index (κ3) is 2.75. The van der Waals surface area contributed by atoms with Crippen molar-refractivity contribution in [3.63, 3.8) is 0 Å². The van der Waals surface area contributed by atoms with Crippen molar-refractivity contribution in [1.29, 1.82) is 0 Å². The highest BCUT2D eigenvalue weighted by atomic mass is 35.5. The molecule has 0 aromatic heterocycles. The second-order valence-corrected chi connectivity index (χ2v) is 5.48. The number of hydrogen-bond acceptors (Lipinski definition) is 2. The van der Waals surface area contributed by atoms with E-state index >= 15 is 0 Å². The Morgan fingerprint density at radius 1 is 1.41 bits per heavy atom. The van der Waals surface area contributed by atoms with E-state index in [9.17, 15) is 5.11 Å². The van der Waals surface area contributed by atoms with Gasteiger partial charge in [0.25, 0.3) is 0 Å². The first-order valence-electron chi connectivity index (χ1n) is 6.16. The molecule has 3 heteroatoms. The summed E-state index contributed by atoms with van der Waals surface area (Å²) in [6, 6.07) is 3.95. The van der Waals surface area contributed by atoms with Crippen LogP contribution in [0.2, 0.25) is 5.02 Å². The van der Waals surface area contributed by atoms with Crippen molar-refractivity contribution in [2.24, 2.45) is 11.8 Å². The normalized spacial score (nSPS) is 15.8. The van der Waals surface area contributed by atoms with E-state index in [-0.39, 0.29) is 12.5 Å². The van der Waals surface area contributed by atoms with Crippen molar-refractivity contribution in [1.82, 2.24) is 0 Å². The first kappa shape index (κ1) is 12.7. The van der Waals surface area contributed by atoms with Crippen molar-refractivity contribution in [2.45, 2.75) is 26.7 Å². The number of ether oxygens (including phenoxy) is 1. The van der Waals surface area contributed by atoms with Crippen LogP contribution in [0.4, 0.5) is 0 Å². The summed E-state index contributed by atoms with van der Waals surface area (Å²) >= 11 is 6.12. The van der Waals surface area contributed by atoms with Gasteiger partial charge in [-0.3, -0.25) is 0 Å². The Labute approximate surface area is 108 Å². The lowest BCUT2D eigenvalue weighted by molar-refractivity contribution is 0.188. The maximum absolute atomic E-state index is 9.40. The van der Waals surface area contributed by atoms with Crippen LogP contribution in [0.5, 0.6) is 5.75 Å². The summed E-state index contributed by atoms with van der Waals surface area (Å²) in [5.74, 6) is 1.71. The number of aliphatic hydroxyl groups is 1. The number of rotatable bonds is 4. The van der Waals surface area contributed by atoms with Crippen LogP contribution in [0, 0.1) is 11.8 Å². The Hall–Kier alpha value is -0.730. The van der Waals surface area contributed by atoms with Gasteiger partial charge in [-0.1, -0.05) is 25.4 Å². The molecule has 2 rings (SSSR count). The maximum atomic E-state index is 9.40. The standard InChI is InChI=1S/C14H19ClO2/c1-9(2)12(8-16)5-11-7-13(15)6-10-3-4-17-14(10)11/h6-7,9,12,16H,3-5,8H2,1-2H3. The summed E-state index contributed by atoms with van der Waals surface area (Å²) in [6.45, 7) is 5.21. The molecule has 0 aliphatic carbocycles. The number of halogens is 1. The monoisotopic (exact) mass is 254 g/mol. The predicted octanol–water partition coefficient (Wildman–Crippen LogP) is 3.08. The van der Waals surface area contributed by atoms with Crippen LogP contribution in [0.1, 0.15) is 25.0 Å². The molecule has 1 aromatic rings. The molecule has 1 aliphatic heterocycles. The molecule has 0 saturated heterocycles. The van der Waals surface area contributed by atoms with E-state index in [1.54, 1.807) is 0 Å². The predicted molar refractivity (Wildman–Crippen MR) is 69.8 cm³/mol. The van der Waals surface area contributed by atoms with Crippen molar-refractivity contribution in [3.8, 4) is 5.75 Å². The fourth-order valence-corrected chi connectivity index (χ4v) is 2.55. The Bertz CT molecular complexity index is 401. The zero-order valence-corrected chi connectivity index (χ0v) is 11.1.